The Hall–Kier alpha value is -2.01. The van der Waals surface area contributed by atoms with E-state index in [-0.39, 0.29) is 5.41 Å². The molecule has 0 N–H and O–H groups in total. The molecule has 108 valence electrons. The molecule has 1 aromatic heterocycles. The van der Waals surface area contributed by atoms with E-state index in [0.29, 0.717) is 18.3 Å². The van der Waals surface area contributed by atoms with Gasteiger partial charge in [-0.25, -0.2) is 0 Å². The van der Waals surface area contributed by atoms with Crippen LogP contribution in [0.4, 0.5) is 0 Å². The zero-order chi connectivity index (χ0) is 15.2. The van der Waals surface area contributed by atoms with Crippen LogP contribution in [0, 0.1) is 29.6 Å². The average molecular weight is 278 g/mol. The summed E-state index contributed by atoms with van der Waals surface area (Å²) in [6, 6.07) is 11.0. The maximum absolute atomic E-state index is 9.08. The molecule has 0 saturated heterocycles. The number of nitriles is 1. The molecule has 1 aliphatic carbocycles. The Morgan fingerprint density at radius 1 is 1.38 bits per heavy atom. The Kier molecular flexibility index (Phi) is 3.17. The topological polar surface area (TPSA) is 28.7 Å². The van der Waals surface area contributed by atoms with Gasteiger partial charge in [0.2, 0.25) is 0 Å². The van der Waals surface area contributed by atoms with E-state index in [1.165, 1.54) is 22.2 Å². The fourth-order valence-corrected chi connectivity index (χ4v) is 4.01. The van der Waals surface area contributed by atoms with Gasteiger partial charge in [-0.05, 0) is 35.8 Å². The summed E-state index contributed by atoms with van der Waals surface area (Å²) in [5.74, 6) is 0.970. The summed E-state index contributed by atoms with van der Waals surface area (Å²) in [5.41, 5.74) is 4.28. The maximum atomic E-state index is 9.08. The Morgan fingerprint density at radius 2 is 2.10 bits per heavy atom. The van der Waals surface area contributed by atoms with E-state index in [1.807, 2.05) is 6.08 Å². The monoisotopic (exact) mass is 278 g/mol. The lowest BCUT2D eigenvalue weighted by molar-refractivity contribution is 0.559. The largest absolute Gasteiger partial charge is 0.341 e. The summed E-state index contributed by atoms with van der Waals surface area (Å²) in [4.78, 5) is 0. The molecule has 1 aromatic carbocycles. The third-order valence-corrected chi connectivity index (χ3v) is 5.26. The minimum atomic E-state index is 0.226. The molecule has 2 nitrogen and oxygen atoms in total. The van der Waals surface area contributed by atoms with E-state index in [0.717, 1.165) is 6.54 Å². The fraction of sp³-hybridized carbons (Fsp3) is 0.421. The molecule has 0 amide bonds. The second kappa shape index (κ2) is 4.77. The number of para-hydroxylation sites is 1. The van der Waals surface area contributed by atoms with Crippen molar-refractivity contribution in [1.29, 1.82) is 5.26 Å². The van der Waals surface area contributed by atoms with Crippen molar-refractivity contribution in [2.24, 2.45) is 11.3 Å². The molecule has 0 unspecified atom stereocenters. The first kappa shape index (κ1) is 13.9. The number of hydrogen-bond acceptors (Lipinski definition) is 1. The van der Waals surface area contributed by atoms with Crippen LogP contribution in [0.1, 0.15) is 37.4 Å². The third kappa shape index (κ3) is 1.92. The van der Waals surface area contributed by atoms with E-state index < -0.39 is 0 Å². The van der Waals surface area contributed by atoms with Crippen LogP contribution in [-0.4, -0.2) is 4.57 Å². The van der Waals surface area contributed by atoms with Crippen molar-refractivity contribution in [3.05, 3.63) is 48.2 Å². The minimum absolute atomic E-state index is 0.226. The standard InChI is InChI=1S/C19H22N2/c1-5-12-21-13(2)17(14-8-6-7-9-16(14)21)18-15(10-11-20)19(18,3)4/h5-9,15,18H,1,10,12H2,2-4H3/t15-,18-/m0/s1. The van der Waals surface area contributed by atoms with Crippen LogP contribution in [0.25, 0.3) is 10.9 Å². The van der Waals surface area contributed by atoms with Crippen LogP contribution in [0.5, 0.6) is 0 Å². The molecule has 1 fully saturated rings. The van der Waals surface area contributed by atoms with Crippen LogP contribution in [0.3, 0.4) is 0 Å². The number of rotatable bonds is 4. The Balaban J connectivity index is 2.18. The molecule has 1 aliphatic rings. The fourth-order valence-electron chi connectivity index (χ4n) is 4.01. The van der Waals surface area contributed by atoms with Gasteiger partial charge >= 0.3 is 0 Å². The molecule has 0 aliphatic heterocycles. The van der Waals surface area contributed by atoms with Crippen molar-refractivity contribution in [2.75, 3.05) is 0 Å². The molecule has 3 rings (SSSR count). The Morgan fingerprint density at radius 3 is 2.76 bits per heavy atom. The summed E-state index contributed by atoms with van der Waals surface area (Å²) in [6.07, 6.45) is 2.60. The third-order valence-electron chi connectivity index (χ3n) is 5.26. The smallest absolute Gasteiger partial charge is 0.0625 e. The minimum Gasteiger partial charge on any atom is -0.341 e. The number of aromatic nitrogens is 1. The van der Waals surface area contributed by atoms with Crippen molar-refractivity contribution < 1.29 is 0 Å². The first-order valence-electron chi connectivity index (χ1n) is 7.59. The molecular formula is C19H22N2. The second-order valence-corrected chi connectivity index (χ2v) is 6.68. The average Bonchev–Trinajstić information content (AvgIpc) is 2.86. The molecule has 2 heteroatoms. The van der Waals surface area contributed by atoms with Gasteiger partial charge in [-0.1, -0.05) is 38.1 Å². The molecule has 2 atom stereocenters. The number of hydrogen-bond donors (Lipinski definition) is 0. The number of benzene rings is 1. The molecule has 0 radical (unpaired) electrons. The number of nitrogens with zero attached hydrogens (tertiary/aromatic N) is 2. The molecule has 0 bridgehead atoms. The molecule has 2 aromatic rings. The van der Waals surface area contributed by atoms with E-state index in [9.17, 15) is 0 Å². The number of fused-ring (bicyclic) bond motifs is 1. The van der Waals surface area contributed by atoms with Gasteiger partial charge in [0, 0.05) is 29.6 Å². The lowest BCUT2D eigenvalue weighted by atomic mass is 10.0. The summed E-state index contributed by atoms with van der Waals surface area (Å²) in [7, 11) is 0. The van der Waals surface area contributed by atoms with Gasteiger partial charge in [-0.15, -0.1) is 6.58 Å². The first-order chi connectivity index (χ1) is 10.0. The van der Waals surface area contributed by atoms with Crippen LogP contribution in [-0.2, 0) is 6.54 Å². The van der Waals surface area contributed by atoms with Gasteiger partial charge in [0.15, 0.2) is 0 Å². The summed E-state index contributed by atoms with van der Waals surface area (Å²) in [6.45, 7) is 11.5. The van der Waals surface area contributed by atoms with E-state index >= 15 is 0 Å². The van der Waals surface area contributed by atoms with Crippen LogP contribution >= 0.6 is 0 Å². The molecule has 1 saturated carbocycles. The zero-order valence-electron chi connectivity index (χ0n) is 13.1. The summed E-state index contributed by atoms with van der Waals surface area (Å²) < 4.78 is 2.34. The highest BCUT2D eigenvalue weighted by Crippen LogP contribution is 2.67. The Labute approximate surface area is 126 Å². The van der Waals surface area contributed by atoms with Crippen molar-refractivity contribution >= 4 is 10.9 Å². The van der Waals surface area contributed by atoms with Crippen LogP contribution in [0.2, 0.25) is 0 Å². The molecule has 1 heterocycles. The highest BCUT2D eigenvalue weighted by atomic mass is 15.0. The highest BCUT2D eigenvalue weighted by molar-refractivity contribution is 5.87. The van der Waals surface area contributed by atoms with Crippen molar-refractivity contribution in [3.63, 3.8) is 0 Å². The van der Waals surface area contributed by atoms with E-state index in [1.54, 1.807) is 0 Å². The van der Waals surface area contributed by atoms with Gasteiger partial charge in [0.25, 0.3) is 0 Å². The SMILES string of the molecule is C=CCn1c(C)c([C@@H]2[C@H](CC#N)C2(C)C)c2ccccc21. The Bertz CT molecular complexity index is 743. The summed E-state index contributed by atoms with van der Waals surface area (Å²) >= 11 is 0. The highest BCUT2D eigenvalue weighted by Gasteiger charge is 2.59. The second-order valence-electron chi connectivity index (χ2n) is 6.68. The first-order valence-corrected chi connectivity index (χ1v) is 7.59. The van der Waals surface area contributed by atoms with Crippen molar-refractivity contribution in [1.82, 2.24) is 4.57 Å². The maximum Gasteiger partial charge on any atom is 0.0625 e. The quantitative estimate of drug-likeness (QED) is 0.739. The van der Waals surface area contributed by atoms with Crippen molar-refractivity contribution in [2.45, 2.75) is 39.7 Å². The van der Waals surface area contributed by atoms with Gasteiger partial charge in [0.05, 0.1) is 6.07 Å². The summed E-state index contributed by atoms with van der Waals surface area (Å²) in [5, 5.41) is 10.4. The van der Waals surface area contributed by atoms with Gasteiger partial charge in [0.1, 0.15) is 0 Å². The van der Waals surface area contributed by atoms with Crippen LogP contribution < -0.4 is 0 Å². The van der Waals surface area contributed by atoms with Gasteiger partial charge in [-0.2, -0.15) is 5.26 Å². The van der Waals surface area contributed by atoms with E-state index in [2.05, 4.69) is 62.3 Å². The molecule has 0 spiro atoms. The van der Waals surface area contributed by atoms with E-state index in [4.69, 9.17) is 5.26 Å². The predicted octanol–water partition coefficient (Wildman–Crippen LogP) is 4.79. The van der Waals surface area contributed by atoms with Gasteiger partial charge < -0.3 is 4.57 Å². The number of allylic oxidation sites excluding steroid dienone is 1. The van der Waals surface area contributed by atoms with Gasteiger partial charge in [-0.3, -0.25) is 0 Å². The lowest BCUT2D eigenvalue weighted by Crippen LogP contribution is -1.99. The van der Waals surface area contributed by atoms with Crippen LogP contribution in [0.15, 0.2) is 36.9 Å². The molecule has 21 heavy (non-hydrogen) atoms. The predicted molar refractivity (Wildman–Crippen MR) is 87.1 cm³/mol. The van der Waals surface area contributed by atoms with Crippen molar-refractivity contribution in [3.8, 4) is 6.07 Å². The molecular weight excluding hydrogens is 256 g/mol. The zero-order valence-corrected chi connectivity index (χ0v) is 13.1. The lowest BCUT2D eigenvalue weighted by Gasteiger charge is -2.06. The normalized spacial score (nSPS) is 23.0.